The summed E-state index contributed by atoms with van der Waals surface area (Å²) < 4.78 is 20.3. The van der Waals surface area contributed by atoms with Gasteiger partial charge in [-0.25, -0.2) is 4.39 Å². The highest BCUT2D eigenvalue weighted by atomic mass is 32.2. The topological polar surface area (TPSA) is 88.9 Å². The van der Waals surface area contributed by atoms with E-state index in [0.29, 0.717) is 11.7 Å². The summed E-state index contributed by atoms with van der Waals surface area (Å²) >= 11 is 1.36. The molecule has 0 atom stereocenters. The van der Waals surface area contributed by atoms with Gasteiger partial charge in [-0.2, -0.15) is 5.10 Å². The van der Waals surface area contributed by atoms with Crippen LogP contribution in [0.15, 0.2) is 59.8 Å². The lowest BCUT2D eigenvalue weighted by atomic mass is 10.1. The summed E-state index contributed by atoms with van der Waals surface area (Å²) in [7, 11) is 3.43. The van der Waals surface area contributed by atoms with Gasteiger partial charge in [0, 0.05) is 30.5 Å². The van der Waals surface area contributed by atoms with Gasteiger partial charge in [-0.15, -0.1) is 10.2 Å². The first-order valence-corrected chi connectivity index (χ1v) is 12.2. The lowest BCUT2D eigenvalue weighted by Crippen LogP contribution is -2.29. The van der Waals surface area contributed by atoms with Crippen LogP contribution in [0.25, 0.3) is 16.9 Å². The second kappa shape index (κ2) is 11.2. The second-order valence-electron chi connectivity index (χ2n) is 8.06. The summed E-state index contributed by atoms with van der Waals surface area (Å²) in [6.07, 6.45) is 1.54. The van der Waals surface area contributed by atoms with Gasteiger partial charge in [-0.05, 0) is 74.4 Å². The zero-order valence-corrected chi connectivity index (χ0v) is 20.7. The number of benzene rings is 2. The number of aryl methyl sites for hydroxylation is 2. The van der Waals surface area contributed by atoms with Gasteiger partial charge < -0.3 is 9.64 Å². The van der Waals surface area contributed by atoms with Gasteiger partial charge in [0.2, 0.25) is 5.91 Å². The van der Waals surface area contributed by atoms with Gasteiger partial charge in [0.25, 0.3) is 0 Å². The van der Waals surface area contributed by atoms with E-state index in [1.165, 1.54) is 23.9 Å². The number of amides is 1. The molecule has 2 aromatic heterocycles. The van der Waals surface area contributed by atoms with E-state index >= 15 is 0 Å². The van der Waals surface area contributed by atoms with Crippen molar-refractivity contribution < 1.29 is 13.9 Å². The zero-order valence-electron chi connectivity index (χ0n) is 19.9. The van der Waals surface area contributed by atoms with E-state index in [0.717, 1.165) is 47.1 Å². The average Bonchev–Trinajstić information content (AvgIpc) is 3.49. The molecule has 2 aromatic carbocycles. The Balaban J connectivity index is 1.27. The number of hydrogen-bond acceptors (Lipinski definition) is 6. The van der Waals surface area contributed by atoms with Crippen LogP contribution >= 0.6 is 11.8 Å². The van der Waals surface area contributed by atoms with Crippen LogP contribution < -0.4 is 4.74 Å². The number of aromatic amines is 1. The number of nitrogens with one attached hydrogen (secondary N) is 1. The van der Waals surface area contributed by atoms with Gasteiger partial charge in [-0.1, -0.05) is 11.8 Å². The molecule has 1 amide bonds. The molecule has 35 heavy (non-hydrogen) atoms. The standard InChI is InChI=1S/C25H27FN6O2S/c1-17-27-30-25(32(17)21-10-12-22(34-3)13-11-21)35-16-24(33)31(2)14-4-5-20-15-23(29-28-20)18-6-8-19(26)9-7-18/h6-13,15H,4-5,14,16H2,1-3H3,(H,28,29). The number of thioether (sulfide) groups is 1. The lowest BCUT2D eigenvalue weighted by molar-refractivity contribution is -0.127. The summed E-state index contributed by atoms with van der Waals surface area (Å²) in [6.45, 7) is 2.50. The van der Waals surface area contributed by atoms with Crippen LogP contribution in [-0.4, -0.2) is 62.2 Å². The number of methoxy groups -OCH3 is 1. The highest BCUT2D eigenvalue weighted by molar-refractivity contribution is 7.99. The molecule has 0 aliphatic carbocycles. The number of hydrogen-bond donors (Lipinski definition) is 1. The molecular weight excluding hydrogens is 467 g/mol. The third kappa shape index (κ3) is 6.07. The largest absolute Gasteiger partial charge is 0.497 e. The van der Waals surface area contributed by atoms with Crippen molar-refractivity contribution in [1.29, 1.82) is 0 Å². The number of carbonyl (C=O) groups excluding carboxylic acids is 1. The Morgan fingerprint density at radius 1 is 1.14 bits per heavy atom. The first-order chi connectivity index (χ1) is 16.9. The Bertz CT molecular complexity index is 1270. The van der Waals surface area contributed by atoms with Gasteiger partial charge >= 0.3 is 0 Å². The Morgan fingerprint density at radius 3 is 2.60 bits per heavy atom. The van der Waals surface area contributed by atoms with Crippen LogP contribution in [0.3, 0.4) is 0 Å². The molecule has 1 N–H and O–H groups in total. The second-order valence-corrected chi connectivity index (χ2v) is 9.00. The number of H-pyrrole nitrogens is 1. The summed E-state index contributed by atoms with van der Waals surface area (Å²) in [5.74, 6) is 1.54. The quantitative estimate of drug-likeness (QED) is 0.331. The molecule has 0 unspecified atom stereocenters. The van der Waals surface area contributed by atoms with Crippen molar-refractivity contribution in [2.24, 2.45) is 0 Å². The van der Waals surface area contributed by atoms with Crippen molar-refractivity contribution in [3.63, 3.8) is 0 Å². The molecule has 182 valence electrons. The molecule has 4 aromatic rings. The Hall–Kier alpha value is -3.66. The normalized spacial score (nSPS) is 11.0. The Morgan fingerprint density at radius 2 is 1.89 bits per heavy atom. The predicted molar refractivity (Wildman–Crippen MR) is 133 cm³/mol. The molecular formula is C25H27FN6O2S. The lowest BCUT2D eigenvalue weighted by Gasteiger charge is -2.16. The molecule has 0 radical (unpaired) electrons. The summed E-state index contributed by atoms with van der Waals surface area (Å²) in [5, 5.41) is 16.4. The van der Waals surface area contributed by atoms with Gasteiger partial charge in [0.15, 0.2) is 5.16 Å². The first kappa shape index (κ1) is 24.5. The van der Waals surface area contributed by atoms with Crippen LogP contribution in [0.4, 0.5) is 4.39 Å². The minimum absolute atomic E-state index is 0.0218. The summed E-state index contributed by atoms with van der Waals surface area (Å²) in [5.41, 5.74) is 3.52. The number of halogens is 1. The molecule has 10 heteroatoms. The van der Waals surface area contributed by atoms with Crippen molar-refractivity contribution >= 4 is 17.7 Å². The minimum atomic E-state index is -0.272. The average molecular weight is 495 g/mol. The third-order valence-corrected chi connectivity index (χ3v) is 6.50. The van der Waals surface area contributed by atoms with Crippen LogP contribution in [0.2, 0.25) is 0 Å². The van der Waals surface area contributed by atoms with Gasteiger partial charge in [0.1, 0.15) is 17.4 Å². The number of ether oxygens (including phenoxy) is 1. The SMILES string of the molecule is COc1ccc(-n2c(C)nnc2SCC(=O)N(C)CCCc2cc(-c3ccc(F)cc3)n[nH]2)cc1. The highest BCUT2D eigenvalue weighted by Gasteiger charge is 2.16. The molecule has 0 aliphatic rings. The zero-order chi connectivity index (χ0) is 24.8. The summed E-state index contributed by atoms with van der Waals surface area (Å²) in [6, 6.07) is 15.8. The van der Waals surface area contributed by atoms with E-state index < -0.39 is 0 Å². The predicted octanol–water partition coefficient (Wildman–Crippen LogP) is 4.30. The Kier molecular flexibility index (Phi) is 7.81. The molecule has 8 nitrogen and oxygen atoms in total. The molecule has 4 rings (SSSR count). The van der Waals surface area contributed by atoms with E-state index in [1.54, 1.807) is 31.2 Å². The maximum atomic E-state index is 13.1. The van der Waals surface area contributed by atoms with Crippen LogP contribution in [0.5, 0.6) is 5.75 Å². The summed E-state index contributed by atoms with van der Waals surface area (Å²) in [4.78, 5) is 14.4. The monoisotopic (exact) mass is 494 g/mol. The smallest absolute Gasteiger partial charge is 0.232 e. The molecule has 0 aliphatic heterocycles. The maximum absolute atomic E-state index is 13.1. The fourth-order valence-electron chi connectivity index (χ4n) is 3.59. The van der Waals surface area contributed by atoms with Gasteiger partial charge in [-0.3, -0.25) is 14.5 Å². The van der Waals surface area contributed by atoms with E-state index in [4.69, 9.17) is 4.74 Å². The molecule has 0 bridgehead atoms. The molecule has 0 fully saturated rings. The van der Waals surface area contributed by atoms with Crippen molar-refractivity contribution in [2.75, 3.05) is 26.5 Å². The van der Waals surface area contributed by atoms with Crippen molar-refractivity contribution in [3.8, 4) is 22.7 Å². The van der Waals surface area contributed by atoms with Crippen molar-refractivity contribution in [3.05, 3.63) is 71.9 Å². The van der Waals surface area contributed by atoms with Crippen molar-refractivity contribution in [2.45, 2.75) is 24.9 Å². The molecule has 2 heterocycles. The number of nitrogens with zero attached hydrogens (tertiary/aromatic N) is 5. The minimum Gasteiger partial charge on any atom is -0.497 e. The Labute approximate surface area is 207 Å². The van der Waals surface area contributed by atoms with Crippen LogP contribution in [0, 0.1) is 12.7 Å². The molecule has 0 spiro atoms. The van der Waals surface area contributed by atoms with Crippen molar-refractivity contribution in [1.82, 2.24) is 29.9 Å². The molecule has 0 saturated carbocycles. The maximum Gasteiger partial charge on any atom is 0.232 e. The fraction of sp³-hybridized carbons (Fsp3) is 0.280. The van der Waals surface area contributed by atoms with Crippen LogP contribution in [-0.2, 0) is 11.2 Å². The first-order valence-electron chi connectivity index (χ1n) is 11.2. The van der Waals surface area contributed by atoms with E-state index in [1.807, 2.05) is 41.8 Å². The fourth-order valence-corrected chi connectivity index (χ4v) is 4.53. The van der Waals surface area contributed by atoms with Gasteiger partial charge in [0.05, 0.1) is 18.6 Å². The highest BCUT2D eigenvalue weighted by Crippen LogP contribution is 2.24. The number of aromatic nitrogens is 5. The van der Waals surface area contributed by atoms with Crippen LogP contribution in [0.1, 0.15) is 17.9 Å². The number of rotatable bonds is 10. The number of carbonyl (C=O) groups is 1. The van der Waals surface area contributed by atoms with E-state index in [9.17, 15) is 9.18 Å². The van der Waals surface area contributed by atoms with E-state index in [2.05, 4.69) is 20.4 Å². The van der Waals surface area contributed by atoms with E-state index in [-0.39, 0.29) is 17.5 Å². The third-order valence-electron chi connectivity index (χ3n) is 5.59. The molecule has 0 saturated heterocycles.